The van der Waals surface area contributed by atoms with Gasteiger partial charge in [0, 0.05) is 0 Å². The lowest BCUT2D eigenvalue weighted by molar-refractivity contribution is -0.136. The summed E-state index contributed by atoms with van der Waals surface area (Å²) >= 11 is 0. The predicted octanol–water partition coefficient (Wildman–Crippen LogP) is -2.26. The number of primary amides is 1. The van der Waals surface area contributed by atoms with Gasteiger partial charge in [-0.3, -0.25) is 9.59 Å². The van der Waals surface area contributed by atoms with Crippen LogP contribution in [0.3, 0.4) is 0 Å². The van der Waals surface area contributed by atoms with Crippen molar-refractivity contribution >= 4 is 18.1 Å². The van der Waals surface area contributed by atoms with Gasteiger partial charge in [-0.2, -0.15) is 0 Å². The third-order valence-electron chi connectivity index (χ3n) is 0.665. The molecule has 6 heteroatoms. The van der Waals surface area contributed by atoms with Crippen LogP contribution in [-0.4, -0.2) is 29.4 Å². The van der Waals surface area contributed by atoms with Gasteiger partial charge >= 0.3 is 6.03 Å². The minimum atomic E-state index is -1.82. The monoisotopic (exact) mass is 146 g/mol. The number of aldehydes is 1. The smallest absolute Gasteiger partial charge is 0.314 e. The van der Waals surface area contributed by atoms with Crippen LogP contribution in [0.5, 0.6) is 0 Å². The number of urea groups is 1. The fourth-order valence-electron chi connectivity index (χ4n) is 0.270. The van der Waals surface area contributed by atoms with Crippen LogP contribution in [0, 0.1) is 0 Å². The third kappa shape index (κ3) is 2.78. The maximum atomic E-state index is 10.2. The Morgan fingerprint density at radius 1 is 1.60 bits per heavy atom. The van der Waals surface area contributed by atoms with Crippen molar-refractivity contribution in [2.24, 2.45) is 5.73 Å². The number of hydrogen-bond acceptors (Lipinski definition) is 4. The number of nitrogens with one attached hydrogen (secondary N) is 1. The van der Waals surface area contributed by atoms with Gasteiger partial charge in [0.25, 0.3) is 0 Å². The Morgan fingerprint density at radius 2 is 2.10 bits per heavy atom. The minimum Gasteiger partial charge on any atom is -0.367 e. The van der Waals surface area contributed by atoms with Crippen LogP contribution in [0.15, 0.2) is 0 Å². The van der Waals surface area contributed by atoms with Crippen molar-refractivity contribution in [3.8, 4) is 0 Å². The van der Waals surface area contributed by atoms with Crippen molar-refractivity contribution in [2.45, 2.75) is 6.23 Å². The summed E-state index contributed by atoms with van der Waals surface area (Å²) in [4.78, 5) is 29.7. The topological polar surface area (TPSA) is 109 Å². The molecule has 0 aromatic carbocycles. The first kappa shape index (κ1) is 8.57. The first-order valence-corrected chi connectivity index (χ1v) is 2.31. The molecule has 0 aromatic rings. The molecule has 2 amide bonds. The number of nitrogens with two attached hydrogens (primary N) is 1. The Morgan fingerprint density at radius 3 is 2.40 bits per heavy atom. The molecule has 0 aliphatic heterocycles. The zero-order valence-electron chi connectivity index (χ0n) is 4.90. The molecule has 0 aromatic heterocycles. The SMILES string of the molecule is NC(=O)NC(O)C(=O)C=O. The number of rotatable bonds is 3. The average molecular weight is 146 g/mol. The van der Waals surface area contributed by atoms with E-state index >= 15 is 0 Å². The third-order valence-corrected chi connectivity index (χ3v) is 0.665. The second kappa shape index (κ2) is 3.57. The molecule has 0 aliphatic rings. The van der Waals surface area contributed by atoms with Gasteiger partial charge in [0.05, 0.1) is 0 Å². The van der Waals surface area contributed by atoms with E-state index in [4.69, 9.17) is 5.11 Å². The number of ketones is 1. The quantitative estimate of drug-likeness (QED) is 0.237. The van der Waals surface area contributed by atoms with Gasteiger partial charge in [-0.05, 0) is 0 Å². The molecule has 1 atom stereocenters. The predicted molar refractivity (Wildman–Crippen MR) is 29.8 cm³/mol. The molecule has 0 spiro atoms. The Labute approximate surface area is 56.0 Å². The average Bonchev–Trinajstić information content (AvgIpc) is 1.85. The molecule has 0 radical (unpaired) electrons. The summed E-state index contributed by atoms with van der Waals surface area (Å²) in [5, 5.41) is 10.1. The molecule has 0 saturated heterocycles. The number of aliphatic hydroxyl groups excluding tert-OH is 1. The molecule has 1 unspecified atom stereocenters. The van der Waals surface area contributed by atoms with Crippen LogP contribution >= 0.6 is 0 Å². The number of carbonyl (C=O) groups is 3. The molecule has 0 fully saturated rings. The van der Waals surface area contributed by atoms with Gasteiger partial charge in [-0.1, -0.05) is 0 Å². The number of amides is 2. The minimum absolute atomic E-state index is 0.111. The van der Waals surface area contributed by atoms with Gasteiger partial charge in [-0.25, -0.2) is 4.79 Å². The van der Waals surface area contributed by atoms with Crippen molar-refractivity contribution < 1.29 is 19.5 Å². The van der Waals surface area contributed by atoms with Crippen molar-refractivity contribution in [1.82, 2.24) is 5.32 Å². The summed E-state index contributed by atoms with van der Waals surface area (Å²) in [6, 6.07) is -1.07. The van der Waals surface area contributed by atoms with Gasteiger partial charge < -0.3 is 16.2 Å². The molecule has 0 rings (SSSR count). The van der Waals surface area contributed by atoms with Crippen LogP contribution in [0.1, 0.15) is 0 Å². The summed E-state index contributed by atoms with van der Waals surface area (Å²) in [7, 11) is 0. The summed E-state index contributed by atoms with van der Waals surface area (Å²) in [5.74, 6) is -1.14. The largest absolute Gasteiger partial charge is 0.367 e. The van der Waals surface area contributed by atoms with Gasteiger partial charge in [0.1, 0.15) is 0 Å². The Hall–Kier alpha value is -1.43. The summed E-state index contributed by atoms with van der Waals surface area (Å²) < 4.78 is 0. The number of carbonyl (C=O) groups excluding carboxylic acids is 3. The van der Waals surface area contributed by atoms with E-state index in [1.54, 1.807) is 5.32 Å². The number of aliphatic hydroxyl groups is 1. The zero-order valence-corrected chi connectivity index (χ0v) is 4.90. The second-order valence-electron chi connectivity index (χ2n) is 1.43. The Kier molecular flexibility index (Phi) is 3.06. The lowest BCUT2D eigenvalue weighted by Gasteiger charge is -2.03. The molecule has 0 aliphatic carbocycles. The Balaban J connectivity index is 3.84. The molecule has 56 valence electrons. The maximum Gasteiger partial charge on any atom is 0.314 e. The highest BCUT2D eigenvalue weighted by atomic mass is 16.3. The van der Waals surface area contributed by atoms with Crippen molar-refractivity contribution in [2.75, 3.05) is 0 Å². The summed E-state index contributed by atoms with van der Waals surface area (Å²) in [6.07, 6.45) is -1.93. The lowest BCUT2D eigenvalue weighted by atomic mass is 10.4. The van der Waals surface area contributed by atoms with Crippen molar-refractivity contribution in [1.29, 1.82) is 0 Å². The number of Topliss-reactive ketones (excluding diaryl/α,β-unsaturated/α-hetero) is 1. The molecule has 0 heterocycles. The first-order valence-electron chi connectivity index (χ1n) is 2.31. The van der Waals surface area contributed by atoms with Crippen LogP contribution in [-0.2, 0) is 9.59 Å². The van der Waals surface area contributed by atoms with E-state index in [0.717, 1.165) is 0 Å². The fourth-order valence-corrected chi connectivity index (χ4v) is 0.270. The maximum absolute atomic E-state index is 10.2. The van der Waals surface area contributed by atoms with Crippen molar-refractivity contribution in [3.05, 3.63) is 0 Å². The van der Waals surface area contributed by atoms with E-state index in [2.05, 4.69) is 5.73 Å². The molecular weight excluding hydrogens is 140 g/mol. The molecule has 4 N–H and O–H groups in total. The normalized spacial score (nSPS) is 11.7. The highest BCUT2D eigenvalue weighted by molar-refractivity contribution is 6.27. The molecule has 6 nitrogen and oxygen atoms in total. The highest BCUT2D eigenvalue weighted by Crippen LogP contribution is 1.74. The zero-order chi connectivity index (χ0) is 8.15. The first-order chi connectivity index (χ1) is 4.57. The molecule has 0 saturated carbocycles. The Bertz CT molecular complexity index is 167. The molecule has 0 bridgehead atoms. The van der Waals surface area contributed by atoms with E-state index in [1.807, 2.05) is 0 Å². The van der Waals surface area contributed by atoms with Gasteiger partial charge in [-0.15, -0.1) is 0 Å². The van der Waals surface area contributed by atoms with Crippen molar-refractivity contribution in [3.63, 3.8) is 0 Å². The molecule has 10 heavy (non-hydrogen) atoms. The number of hydrogen-bond donors (Lipinski definition) is 3. The molecular formula is C4H6N2O4. The lowest BCUT2D eigenvalue weighted by Crippen LogP contribution is -2.43. The van der Waals surface area contributed by atoms with Crippen LogP contribution in [0.25, 0.3) is 0 Å². The van der Waals surface area contributed by atoms with E-state index in [9.17, 15) is 14.4 Å². The van der Waals surface area contributed by atoms with E-state index < -0.39 is 18.0 Å². The second-order valence-corrected chi connectivity index (χ2v) is 1.43. The van der Waals surface area contributed by atoms with Gasteiger partial charge in [0.15, 0.2) is 12.5 Å². The summed E-state index contributed by atoms with van der Waals surface area (Å²) in [5.41, 5.74) is 4.51. The van der Waals surface area contributed by atoms with Crippen LogP contribution in [0.4, 0.5) is 4.79 Å². The van der Waals surface area contributed by atoms with E-state index in [-0.39, 0.29) is 6.29 Å². The fraction of sp³-hybridized carbons (Fsp3) is 0.250. The highest BCUT2D eigenvalue weighted by Gasteiger charge is 2.13. The summed E-state index contributed by atoms with van der Waals surface area (Å²) in [6.45, 7) is 0. The van der Waals surface area contributed by atoms with E-state index in [1.165, 1.54) is 0 Å². The standard InChI is InChI=1S/C4H6N2O4/c5-4(10)6-3(9)2(8)1-7/h1,3,9H,(H3,5,6,10). The van der Waals surface area contributed by atoms with E-state index in [0.29, 0.717) is 0 Å². The van der Waals surface area contributed by atoms with Crippen LogP contribution < -0.4 is 11.1 Å². The van der Waals surface area contributed by atoms with Crippen LogP contribution in [0.2, 0.25) is 0 Å². The van der Waals surface area contributed by atoms with Gasteiger partial charge in [0.2, 0.25) is 5.78 Å².